The fourth-order valence-corrected chi connectivity index (χ4v) is 22.7. The average Bonchev–Trinajstić information content (AvgIpc) is 3.26. The number of nitrogens with zero attached hydrogens (tertiary/aromatic N) is 1. The summed E-state index contributed by atoms with van der Waals surface area (Å²) in [5, 5.41) is 0. The number of hydrogen-bond acceptors (Lipinski definition) is 13. The predicted octanol–water partition coefficient (Wildman–Crippen LogP) is 9.71. The van der Waals surface area contributed by atoms with Crippen LogP contribution >= 0.6 is 91.9 Å². The Bertz CT molecular complexity index is 964. The Kier molecular flexibility index (Phi) is 13.5. The van der Waals surface area contributed by atoms with Crippen molar-refractivity contribution in [3.05, 3.63) is 53.6 Å². The number of aromatic nitrogens is 1. The number of hydrogen-bond donors (Lipinski definition) is 0. The van der Waals surface area contributed by atoms with Crippen LogP contribution in [0.15, 0.2) is 51.7 Å². The zero-order valence-electron chi connectivity index (χ0n) is 18.3. The molecule has 0 saturated carbocycles. The lowest BCUT2D eigenvalue weighted by Crippen LogP contribution is -2.43. The Morgan fingerprint density at radius 2 is 1.52 bits per heavy atom. The molecule has 0 saturated heterocycles. The van der Waals surface area contributed by atoms with E-state index in [9.17, 15) is 0 Å². The molecule has 0 aliphatic carbocycles. The summed E-state index contributed by atoms with van der Waals surface area (Å²) >= 11 is 1.75. The molecule has 1 aromatic heterocycles. The summed E-state index contributed by atoms with van der Waals surface area (Å²) in [5.74, 6) is 0. The standard InChI is InChI=1S/C19H23NO3S9Si/c1-14-9-10-17(15(13-14)11-12-33(21-2,22-3)23-4)25-27-29-31-32-30-28-26-19-20-16-7-5-6-8-18(16)24-19/h5-10,13H,11-12H2,1-4H3. The van der Waals surface area contributed by atoms with Crippen LogP contribution in [0.1, 0.15) is 11.1 Å². The summed E-state index contributed by atoms with van der Waals surface area (Å²) in [6.45, 7) is 2.13. The van der Waals surface area contributed by atoms with Crippen molar-refractivity contribution in [2.45, 2.75) is 28.6 Å². The molecule has 180 valence electrons. The molecule has 4 nitrogen and oxygen atoms in total. The lowest BCUT2D eigenvalue weighted by molar-refractivity contribution is 0.123. The molecule has 0 N–H and O–H groups in total. The van der Waals surface area contributed by atoms with E-state index in [1.54, 1.807) is 113 Å². The van der Waals surface area contributed by atoms with Crippen LogP contribution in [0.3, 0.4) is 0 Å². The number of para-hydroxylation sites is 1. The van der Waals surface area contributed by atoms with Gasteiger partial charge in [-0.15, -0.1) is 11.3 Å². The van der Waals surface area contributed by atoms with Crippen LogP contribution in [0.4, 0.5) is 0 Å². The minimum atomic E-state index is -2.57. The molecule has 0 aliphatic rings. The number of benzene rings is 2. The molecule has 1 heterocycles. The van der Waals surface area contributed by atoms with Gasteiger partial charge in [0.1, 0.15) is 0 Å². The maximum atomic E-state index is 5.58. The molecule has 3 rings (SSSR count). The minimum absolute atomic E-state index is 0.760. The first-order chi connectivity index (χ1) is 16.1. The normalized spacial score (nSPS) is 12.0. The van der Waals surface area contributed by atoms with Crippen molar-refractivity contribution < 1.29 is 13.3 Å². The quantitative estimate of drug-likeness (QED) is 0.0913. The molecule has 0 radical (unpaired) electrons. The van der Waals surface area contributed by atoms with E-state index in [1.807, 2.05) is 6.07 Å². The molecule has 0 aliphatic heterocycles. The van der Waals surface area contributed by atoms with E-state index in [1.165, 1.54) is 20.7 Å². The topological polar surface area (TPSA) is 40.6 Å². The minimum Gasteiger partial charge on any atom is -0.377 e. The largest absolute Gasteiger partial charge is 0.500 e. The van der Waals surface area contributed by atoms with Gasteiger partial charge in [-0.3, -0.25) is 0 Å². The van der Waals surface area contributed by atoms with Crippen molar-refractivity contribution in [1.82, 2.24) is 4.98 Å². The number of thiazole rings is 1. The predicted molar refractivity (Wildman–Crippen MR) is 163 cm³/mol. The van der Waals surface area contributed by atoms with Crippen LogP contribution in [0, 0.1) is 6.92 Å². The summed E-state index contributed by atoms with van der Waals surface area (Å²) in [7, 11) is 16.6. The monoisotopic (exact) mass is 629 g/mol. The smallest absolute Gasteiger partial charge is 0.377 e. The van der Waals surface area contributed by atoms with Crippen LogP contribution in [-0.4, -0.2) is 35.1 Å². The third kappa shape index (κ3) is 9.24. The van der Waals surface area contributed by atoms with E-state index < -0.39 is 8.80 Å². The molecule has 3 aromatic rings. The second-order valence-corrected chi connectivity index (χ2v) is 23.6. The van der Waals surface area contributed by atoms with Gasteiger partial charge < -0.3 is 13.3 Å². The highest BCUT2D eigenvalue weighted by molar-refractivity contribution is 9.48. The third-order valence-corrected chi connectivity index (χ3v) is 23.6. The second-order valence-electron chi connectivity index (χ2n) is 6.43. The zero-order valence-corrected chi connectivity index (χ0v) is 26.7. The lowest BCUT2D eigenvalue weighted by Gasteiger charge is -2.24. The van der Waals surface area contributed by atoms with Gasteiger partial charge in [0.25, 0.3) is 0 Å². The van der Waals surface area contributed by atoms with E-state index in [0.717, 1.165) is 22.3 Å². The van der Waals surface area contributed by atoms with Gasteiger partial charge in [0, 0.05) is 32.3 Å². The fraction of sp³-hybridized carbons (Fsp3) is 0.316. The highest BCUT2D eigenvalue weighted by Crippen LogP contribution is 2.59. The molecule has 2 aromatic carbocycles. The van der Waals surface area contributed by atoms with Crippen LogP contribution in [-0.2, 0) is 19.7 Å². The first-order valence-corrected chi connectivity index (χ1v) is 22.4. The van der Waals surface area contributed by atoms with Gasteiger partial charge in [-0.1, -0.05) is 29.8 Å². The van der Waals surface area contributed by atoms with E-state index in [2.05, 4.69) is 48.3 Å². The highest BCUT2D eigenvalue weighted by Gasteiger charge is 2.37. The molecular weight excluding hydrogens is 607 g/mol. The Balaban J connectivity index is 1.36. The van der Waals surface area contributed by atoms with Crippen molar-refractivity contribution in [3.8, 4) is 0 Å². The first-order valence-electron chi connectivity index (χ1n) is 9.54. The lowest BCUT2D eigenvalue weighted by atomic mass is 10.1. The molecule has 0 atom stereocenters. The van der Waals surface area contributed by atoms with Crippen molar-refractivity contribution in [2.24, 2.45) is 0 Å². The van der Waals surface area contributed by atoms with Crippen LogP contribution < -0.4 is 0 Å². The fourth-order valence-electron chi connectivity index (χ4n) is 2.85. The van der Waals surface area contributed by atoms with Gasteiger partial charge in [0.15, 0.2) is 4.34 Å². The summed E-state index contributed by atoms with van der Waals surface area (Å²) in [6.07, 6.45) is 0.869. The van der Waals surface area contributed by atoms with E-state index in [4.69, 9.17) is 13.3 Å². The SMILES string of the molecule is CO[Si](CCc1cc(C)ccc1SSSSSSSSc1nc2ccccc2s1)(OC)OC. The number of fused-ring (bicyclic) bond motifs is 1. The summed E-state index contributed by atoms with van der Waals surface area (Å²) in [5.41, 5.74) is 3.65. The second kappa shape index (κ2) is 15.5. The highest BCUT2D eigenvalue weighted by atomic mass is 34.0. The van der Waals surface area contributed by atoms with Crippen molar-refractivity contribution in [1.29, 1.82) is 0 Å². The summed E-state index contributed by atoms with van der Waals surface area (Å²) in [6, 6.07) is 15.7. The Morgan fingerprint density at radius 3 is 2.21 bits per heavy atom. The van der Waals surface area contributed by atoms with Crippen LogP contribution in [0.2, 0.25) is 6.04 Å². The van der Waals surface area contributed by atoms with E-state index in [0.29, 0.717) is 0 Å². The number of rotatable bonds is 15. The molecule has 0 bridgehead atoms. The van der Waals surface area contributed by atoms with Crippen molar-refractivity contribution >= 4 is 111 Å². The molecule has 33 heavy (non-hydrogen) atoms. The summed E-state index contributed by atoms with van der Waals surface area (Å²) < 4.78 is 19.1. The van der Waals surface area contributed by atoms with Gasteiger partial charge in [-0.05, 0) is 118 Å². The van der Waals surface area contributed by atoms with E-state index in [-0.39, 0.29) is 0 Å². The van der Waals surface area contributed by atoms with Gasteiger partial charge in [0.05, 0.1) is 10.2 Å². The molecule has 14 heteroatoms. The van der Waals surface area contributed by atoms with Gasteiger partial charge >= 0.3 is 8.80 Å². The van der Waals surface area contributed by atoms with Crippen LogP contribution in [0.25, 0.3) is 10.2 Å². The van der Waals surface area contributed by atoms with Crippen LogP contribution in [0.5, 0.6) is 0 Å². The third-order valence-electron chi connectivity index (χ3n) is 4.49. The first kappa shape index (κ1) is 28.8. The maximum Gasteiger partial charge on any atom is 0.500 e. The van der Waals surface area contributed by atoms with E-state index >= 15 is 0 Å². The average molecular weight is 630 g/mol. The molecule has 0 unspecified atom stereocenters. The summed E-state index contributed by atoms with van der Waals surface area (Å²) in [4.78, 5) is 5.93. The van der Waals surface area contributed by atoms with Gasteiger partial charge in [0.2, 0.25) is 0 Å². The molecular formula is C19H23NO3S9Si. The van der Waals surface area contributed by atoms with Gasteiger partial charge in [-0.25, -0.2) is 4.98 Å². The van der Waals surface area contributed by atoms with Crippen molar-refractivity contribution in [3.63, 3.8) is 0 Å². The molecule has 0 amide bonds. The molecule has 0 fully saturated rings. The Labute approximate surface area is 230 Å². The Hall–Kier alpha value is 1.23. The van der Waals surface area contributed by atoms with Gasteiger partial charge in [-0.2, -0.15) is 0 Å². The van der Waals surface area contributed by atoms with Crippen molar-refractivity contribution in [2.75, 3.05) is 21.3 Å². The Morgan fingerprint density at radius 1 is 0.848 bits per heavy atom. The maximum absolute atomic E-state index is 5.58. The number of aryl methyl sites for hydroxylation is 2. The zero-order chi connectivity index (χ0) is 23.5. The molecule has 0 spiro atoms.